The average molecular weight is 295 g/mol. The van der Waals surface area contributed by atoms with Crippen LogP contribution in [-0.4, -0.2) is 4.98 Å². The standard InChI is InChI=1S/C15H19ClN2S/c1-9(13-5-7-14(16)8-6-13)17-10(2)15-11(3)18-12(4)19-15/h5-10,17H,1-4H3/t9-,10?/m1/s1. The van der Waals surface area contributed by atoms with E-state index in [2.05, 4.69) is 50.1 Å². The molecule has 0 saturated heterocycles. The van der Waals surface area contributed by atoms with Crippen molar-refractivity contribution in [3.63, 3.8) is 0 Å². The van der Waals surface area contributed by atoms with Crippen LogP contribution in [0, 0.1) is 13.8 Å². The van der Waals surface area contributed by atoms with Gasteiger partial charge in [0.1, 0.15) is 0 Å². The number of nitrogens with one attached hydrogen (secondary N) is 1. The third-order valence-corrected chi connectivity index (χ3v) is 4.71. The number of nitrogens with zero attached hydrogens (tertiary/aromatic N) is 1. The largest absolute Gasteiger partial charge is 0.303 e. The quantitative estimate of drug-likeness (QED) is 0.874. The van der Waals surface area contributed by atoms with E-state index in [1.54, 1.807) is 11.3 Å². The summed E-state index contributed by atoms with van der Waals surface area (Å²) >= 11 is 7.68. The number of aryl methyl sites for hydroxylation is 2. The van der Waals surface area contributed by atoms with Crippen LogP contribution < -0.4 is 5.32 Å². The van der Waals surface area contributed by atoms with E-state index in [-0.39, 0.29) is 6.04 Å². The molecule has 1 N–H and O–H groups in total. The highest BCUT2D eigenvalue weighted by atomic mass is 35.5. The molecule has 2 aromatic rings. The minimum absolute atomic E-state index is 0.286. The van der Waals surface area contributed by atoms with Crippen molar-refractivity contribution in [2.24, 2.45) is 0 Å². The van der Waals surface area contributed by atoms with E-state index in [9.17, 15) is 0 Å². The first-order valence-corrected chi connectivity index (χ1v) is 7.62. The predicted octanol–water partition coefficient (Wildman–Crippen LogP) is 4.83. The zero-order valence-corrected chi connectivity index (χ0v) is 13.3. The van der Waals surface area contributed by atoms with Gasteiger partial charge < -0.3 is 5.32 Å². The fraction of sp³-hybridized carbons (Fsp3) is 0.400. The molecule has 1 unspecified atom stereocenters. The van der Waals surface area contributed by atoms with Crippen LogP contribution in [0.15, 0.2) is 24.3 Å². The Kier molecular flexibility index (Phi) is 4.61. The molecule has 2 nitrogen and oxygen atoms in total. The van der Waals surface area contributed by atoms with Gasteiger partial charge in [-0.1, -0.05) is 23.7 Å². The molecule has 2 atom stereocenters. The van der Waals surface area contributed by atoms with Gasteiger partial charge in [0, 0.05) is 22.0 Å². The highest BCUT2D eigenvalue weighted by Gasteiger charge is 2.15. The van der Waals surface area contributed by atoms with Gasteiger partial charge in [-0.05, 0) is 45.4 Å². The van der Waals surface area contributed by atoms with E-state index in [4.69, 9.17) is 11.6 Å². The monoisotopic (exact) mass is 294 g/mol. The second kappa shape index (κ2) is 6.04. The molecule has 102 valence electrons. The summed E-state index contributed by atoms with van der Waals surface area (Å²) in [4.78, 5) is 5.80. The Hall–Kier alpha value is -0.900. The van der Waals surface area contributed by atoms with Crippen LogP contribution in [0.5, 0.6) is 0 Å². The molecular weight excluding hydrogens is 276 g/mol. The summed E-state index contributed by atoms with van der Waals surface area (Å²) in [6.07, 6.45) is 0. The maximum Gasteiger partial charge on any atom is 0.0900 e. The zero-order chi connectivity index (χ0) is 14.0. The molecule has 1 aromatic heterocycles. The van der Waals surface area contributed by atoms with Gasteiger partial charge in [0.05, 0.1) is 10.7 Å². The molecular formula is C15H19ClN2S. The van der Waals surface area contributed by atoms with E-state index in [1.807, 2.05) is 12.1 Å². The van der Waals surface area contributed by atoms with Gasteiger partial charge in [0.2, 0.25) is 0 Å². The zero-order valence-electron chi connectivity index (χ0n) is 11.7. The van der Waals surface area contributed by atoms with Gasteiger partial charge in [-0.3, -0.25) is 0 Å². The normalized spacial score (nSPS) is 14.4. The molecule has 0 spiro atoms. The lowest BCUT2D eigenvalue weighted by molar-refractivity contribution is 0.498. The predicted molar refractivity (Wildman–Crippen MR) is 83.0 cm³/mol. The van der Waals surface area contributed by atoms with Crippen molar-refractivity contribution in [1.82, 2.24) is 10.3 Å². The summed E-state index contributed by atoms with van der Waals surface area (Å²) < 4.78 is 0. The topological polar surface area (TPSA) is 24.9 Å². The Morgan fingerprint density at radius 2 is 1.74 bits per heavy atom. The Balaban J connectivity index is 2.08. The molecule has 4 heteroatoms. The molecule has 1 aromatic carbocycles. The number of hydrogen-bond donors (Lipinski definition) is 1. The van der Waals surface area contributed by atoms with Gasteiger partial charge in [-0.2, -0.15) is 0 Å². The van der Waals surface area contributed by atoms with Crippen LogP contribution in [-0.2, 0) is 0 Å². The van der Waals surface area contributed by atoms with Crippen molar-refractivity contribution in [3.05, 3.63) is 50.4 Å². The third-order valence-electron chi connectivity index (χ3n) is 3.20. The highest BCUT2D eigenvalue weighted by Crippen LogP contribution is 2.27. The molecule has 0 amide bonds. The first-order chi connectivity index (χ1) is 8.97. The fourth-order valence-corrected chi connectivity index (χ4v) is 3.31. The molecule has 19 heavy (non-hydrogen) atoms. The van der Waals surface area contributed by atoms with E-state index in [0.29, 0.717) is 6.04 Å². The first-order valence-electron chi connectivity index (χ1n) is 6.43. The molecule has 0 aliphatic rings. The number of aromatic nitrogens is 1. The van der Waals surface area contributed by atoms with Crippen molar-refractivity contribution < 1.29 is 0 Å². The highest BCUT2D eigenvalue weighted by molar-refractivity contribution is 7.11. The maximum atomic E-state index is 5.91. The fourth-order valence-electron chi connectivity index (χ4n) is 2.25. The van der Waals surface area contributed by atoms with Gasteiger partial charge >= 0.3 is 0 Å². The maximum absolute atomic E-state index is 5.91. The minimum atomic E-state index is 0.286. The third kappa shape index (κ3) is 3.56. The molecule has 0 radical (unpaired) electrons. The van der Waals surface area contributed by atoms with Crippen molar-refractivity contribution in [2.75, 3.05) is 0 Å². The van der Waals surface area contributed by atoms with Crippen LogP contribution in [0.25, 0.3) is 0 Å². The Labute approximate surface area is 123 Å². The van der Waals surface area contributed by atoms with Crippen LogP contribution in [0.3, 0.4) is 0 Å². The van der Waals surface area contributed by atoms with Crippen molar-refractivity contribution in [3.8, 4) is 0 Å². The molecule has 1 heterocycles. The van der Waals surface area contributed by atoms with Crippen LogP contribution >= 0.6 is 22.9 Å². The van der Waals surface area contributed by atoms with Gasteiger partial charge in [-0.15, -0.1) is 11.3 Å². The van der Waals surface area contributed by atoms with Gasteiger partial charge in [-0.25, -0.2) is 4.98 Å². The Bertz CT molecular complexity index is 548. The van der Waals surface area contributed by atoms with Gasteiger partial charge in [0.25, 0.3) is 0 Å². The SMILES string of the molecule is Cc1nc(C)c(C(C)N[C@H](C)c2ccc(Cl)cc2)s1. The summed E-state index contributed by atoms with van der Waals surface area (Å²) in [6.45, 7) is 8.48. The van der Waals surface area contributed by atoms with Crippen LogP contribution in [0.2, 0.25) is 5.02 Å². The molecule has 0 aliphatic carbocycles. The molecule has 0 fully saturated rings. The smallest absolute Gasteiger partial charge is 0.0900 e. The second-order valence-electron chi connectivity index (χ2n) is 4.84. The summed E-state index contributed by atoms with van der Waals surface area (Å²) in [5.41, 5.74) is 2.38. The van der Waals surface area contributed by atoms with Crippen molar-refractivity contribution in [1.29, 1.82) is 0 Å². The molecule has 0 saturated carbocycles. The van der Waals surface area contributed by atoms with E-state index >= 15 is 0 Å². The summed E-state index contributed by atoms with van der Waals surface area (Å²) in [6, 6.07) is 8.59. The number of thiazole rings is 1. The van der Waals surface area contributed by atoms with Crippen LogP contribution in [0.1, 0.15) is 47.1 Å². The number of hydrogen-bond acceptors (Lipinski definition) is 3. The first kappa shape index (κ1) is 14.5. The van der Waals surface area contributed by atoms with Crippen molar-refractivity contribution in [2.45, 2.75) is 39.8 Å². The molecule has 0 bridgehead atoms. The number of benzene rings is 1. The van der Waals surface area contributed by atoms with E-state index in [0.717, 1.165) is 15.7 Å². The summed E-state index contributed by atoms with van der Waals surface area (Å²) in [5.74, 6) is 0. The minimum Gasteiger partial charge on any atom is -0.303 e. The Morgan fingerprint density at radius 3 is 2.26 bits per heavy atom. The summed E-state index contributed by atoms with van der Waals surface area (Å²) in [7, 11) is 0. The summed E-state index contributed by atoms with van der Waals surface area (Å²) in [5, 5.41) is 5.51. The average Bonchev–Trinajstić information content (AvgIpc) is 2.69. The van der Waals surface area contributed by atoms with E-state index in [1.165, 1.54) is 10.4 Å². The second-order valence-corrected chi connectivity index (χ2v) is 6.52. The molecule has 0 aliphatic heterocycles. The number of rotatable bonds is 4. The lowest BCUT2D eigenvalue weighted by Crippen LogP contribution is -2.22. The molecule has 2 rings (SSSR count). The van der Waals surface area contributed by atoms with Crippen LogP contribution in [0.4, 0.5) is 0 Å². The van der Waals surface area contributed by atoms with Gasteiger partial charge in [0.15, 0.2) is 0 Å². The lowest BCUT2D eigenvalue weighted by Gasteiger charge is -2.20. The van der Waals surface area contributed by atoms with Crippen molar-refractivity contribution >= 4 is 22.9 Å². The lowest BCUT2D eigenvalue weighted by atomic mass is 10.1. The van der Waals surface area contributed by atoms with E-state index < -0.39 is 0 Å². The Morgan fingerprint density at radius 1 is 1.11 bits per heavy atom. The number of halogens is 1.